The third-order valence-electron chi connectivity index (χ3n) is 11.7. The van der Waals surface area contributed by atoms with E-state index in [1.165, 1.54) is 103 Å². The summed E-state index contributed by atoms with van der Waals surface area (Å²) in [5.41, 5.74) is 14.5. The van der Waals surface area contributed by atoms with Gasteiger partial charge in [0, 0.05) is 53.1 Å². The molecular formula is C54H34N2S. The summed E-state index contributed by atoms with van der Waals surface area (Å²) in [5, 5.41) is 7.67. The maximum atomic E-state index is 2.43. The molecule has 0 N–H and O–H groups in total. The lowest BCUT2D eigenvalue weighted by Crippen LogP contribution is -1.94. The largest absolute Gasteiger partial charge is 0.309 e. The Hall–Kier alpha value is -7.20. The van der Waals surface area contributed by atoms with Crippen LogP contribution in [-0.2, 0) is 0 Å². The molecule has 0 aliphatic rings. The number of benzene rings is 9. The minimum absolute atomic E-state index is 1.15. The molecule has 0 saturated carbocycles. The van der Waals surface area contributed by atoms with Gasteiger partial charge in [-0.05, 0) is 106 Å². The molecule has 0 aliphatic heterocycles. The van der Waals surface area contributed by atoms with E-state index in [9.17, 15) is 0 Å². The van der Waals surface area contributed by atoms with Gasteiger partial charge in [-0.2, -0.15) is 0 Å². The highest BCUT2D eigenvalue weighted by Gasteiger charge is 2.17. The van der Waals surface area contributed by atoms with Crippen LogP contribution < -0.4 is 0 Å². The fraction of sp³-hybridized carbons (Fsp3) is 0. The van der Waals surface area contributed by atoms with Crippen molar-refractivity contribution in [2.45, 2.75) is 0 Å². The van der Waals surface area contributed by atoms with Crippen LogP contribution in [0.3, 0.4) is 0 Å². The summed E-state index contributed by atoms with van der Waals surface area (Å²) in [5.74, 6) is 0. The molecule has 0 amide bonds. The van der Waals surface area contributed by atoms with Crippen LogP contribution >= 0.6 is 11.3 Å². The van der Waals surface area contributed by atoms with Crippen molar-refractivity contribution < 1.29 is 0 Å². The van der Waals surface area contributed by atoms with Gasteiger partial charge < -0.3 is 9.13 Å². The Labute approximate surface area is 333 Å². The number of nitrogens with zero attached hydrogens (tertiary/aromatic N) is 2. The molecule has 0 atom stereocenters. The van der Waals surface area contributed by atoms with E-state index >= 15 is 0 Å². The van der Waals surface area contributed by atoms with Gasteiger partial charge in [0.25, 0.3) is 0 Å². The third-order valence-corrected chi connectivity index (χ3v) is 12.8. The number of thiophene rings is 1. The normalized spacial score (nSPS) is 11.9. The van der Waals surface area contributed by atoms with Crippen LogP contribution in [0.5, 0.6) is 0 Å². The van der Waals surface area contributed by atoms with Crippen molar-refractivity contribution in [3.63, 3.8) is 0 Å². The zero-order chi connectivity index (χ0) is 37.5. The number of rotatable bonds is 5. The first-order valence-electron chi connectivity index (χ1n) is 19.5. The molecular weight excluding hydrogens is 709 g/mol. The summed E-state index contributed by atoms with van der Waals surface area (Å²) >= 11 is 1.87. The molecule has 12 rings (SSSR count). The second-order valence-corrected chi connectivity index (χ2v) is 16.0. The highest BCUT2D eigenvalue weighted by atomic mass is 32.1. The standard InChI is InChI=1S/C54H34N2S/c1-2-12-35(13-3-1)36-14-10-15-37(30-36)38-16-11-17-41(31-38)55-49-21-7-4-18-43(49)47-32-39(24-28-51(47)55)40-25-29-52-48(33-40)44-19-5-8-22-50(44)56(52)42-26-27-46-45-20-6-9-23-53(45)57-54(46)34-42/h1-34H. The molecule has 0 fully saturated rings. The average Bonchev–Trinajstić information content (AvgIpc) is 3.93. The van der Waals surface area contributed by atoms with Crippen molar-refractivity contribution in [1.82, 2.24) is 9.13 Å². The molecule has 3 heterocycles. The third kappa shape index (κ3) is 5.10. The van der Waals surface area contributed by atoms with Crippen LogP contribution in [0.4, 0.5) is 0 Å². The lowest BCUT2D eigenvalue weighted by Gasteiger charge is -2.12. The Morgan fingerprint density at radius 1 is 0.246 bits per heavy atom. The monoisotopic (exact) mass is 742 g/mol. The van der Waals surface area contributed by atoms with Gasteiger partial charge >= 0.3 is 0 Å². The molecule has 266 valence electrons. The lowest BCUT2D eigenvalue weighted by atomic mass is 9.99. The second-order valence-electron chi connectivity index (χ2n) is 14.9. The van der Waals surface area contributed by atoms with E-state index in [1.807, 2.05) is 11.3 Å². The molecule has 12 aromatic rings. The van der Waals surface area contributed by atoms with Crippen LogP contribution in [0.25, 0.3) is 109 Å². The van der Waals surface area contributed by atoms with Crippen molar-refractivity contribution in [3.05, 3.63) is 206 Å². The summed E-state index contributed by atoms with van der Waals surface area (Å²) in [6.45, 7) is 0. The van der Waals surface area contributed by atoms with Crippen LogP contribution in [0.15, 0.2) is 206 Å². The summed E-state index contributed by atoms with van der Waals surface area (Å²) in [4.78, 5) is 0. The van der Waals surface area contributed by atoms with Crippen molar-refractivity contribution in [2.24, 2.45) is 0 Å². The van der Waals surface area contributed by atoms with Gasteiger partial charge in [-0.15, -0.1) is 11.3 Å². The van der Waals surface area contributed by atoms with E-state index in [2.05, 4.69) is 215 Å². The smallest absolute Gasteiger partial charge is 0.0541 e. The Morgan fingerprint density at radius 3 is 1.40 bits per heavy atom. The summed E-state index contributed by atoms with van der Waals surface area (Å²) < 4.78 is 7.49. The molecule has 2 nitrogen and oxygen atoms in total. The van der Waals surface area contributed by atoms with Crippen molar-refractivity contribution in [2.75, 3.05) is 0 Å². The van der Waals surface area contributed by atoms with Gasteiger partial charge in [0.1, 0.15) is 0 Å². The first-order chi connectivity index (χ1) is 28.2. The molecule has 0 aliphatic carbocycles. The fourth-order valence-corrected chi connectivity index (χ4v) is 10.2. The van der Waals surface area contributed by atoms with Gasteiger partial charge in [-0.3, -0.25) is 0 Å². The Balaban J connectivity index is 0.974. The number of para-hydroxylation sites is 2. The van der Waals surface area contributed by atoms with Crippen molar-refractivity contribution in [3.8, 4) is 44.8 Å². The highest BCUT2D eigenvalue weighted by molar-refractivity contribution is 7.25. The van der Waals surface area contributed by atoms with Gasteiger partial charge in [-0.1, -0.05) is 133 Å². The van der Waals surface area contributed by atoms with Crippen LogP contribution in [-0.4, -0.2) is 9.13 Å². The SMILES string of the molecule is c1ccc(-c2cccc(-c3cccc(-n4c5ccccc5c5cc(-c6ccc7c(c6)c6ccccc6n7-c6ccc7c(c6)sc6ccccc67)ccc54)c3)c2)cc1. The molecule has 0 saturated heterocycles. The van der Waals surface area contributed by atoms with E-state index in [0.29, 0.717) is 0 Å². The Kier molecular flexibility index (Phi) is 7.13. The maximum absolute atomic E-state index is 2.43. The average molecular weight is 743 g/mol. The van der Waals surface area contributed by atoms with Crippen LogP contribution in [0.2, 0.25) is 0 Å². The quantitative estimate of drug-likeness (QED) is 0.166. The van der Waals surface area contributed by atoms with Gasteiger partial charge in [0.05, 0.1) is 22.1 Å². The zero-order valence-electron chi connectivity index (χ0n) is 30.9. The molecule has 0 spiro atoms. The van der Waals surface area contributed by atoms with Crippen molar-refractivity contribution >= 4 is 75.1 Å². The van der Waals surface area contributed by atoms with E-state index in [-0.39, 0.29) is 0 Å². The summed E-state index contributed by atoms with van der Waals surface area (Å²) in [6.07, 6.45) is 0. The fourth-order valence-electron chi connectivity index (χ4n) is 9.05. The van der Waals surface area contributed by atoms with Crippen molar-refractivity contribution in [1.29, 1.82) is 0 Å². The molecule has 9 aromatic carbocycles. The van der Waals surface area contributed by atoms with Gasteiger partial charge in [0.2, 0.25) is 0 Å². The van der Waals surface area contributed by atoms with Gasteiger partial charge in [0.15, 0.2) is 0 Å². The molecule has 3 heteroatoms. The molecule has 0 bridgehead atoms. The first kappa shape index (κ1) is 32.1. The summed E-state index contributed by atoms with van der Waals surface area (Å²) in [7, 11) is 0. The lowest BCUT2D eigenvalue weighted by molar-refractivity contribution is 1.18. The number of aromatic nitrogens is 2. The molecule has 57 heavy (non-hydrogen) atoms. The summed E-state index contributed by atoms with van der Waals surface area (Å²) in [6, 6.07) is 75.7. The van der Waals surface area contributed by atoms with E-state index in [1.54, 1.807) is 0 Å². The molecule has 0 radical (unpaired) electrons. The second kappa shape index (κ2) is 12.7. The Morgan fingerprint density at radius 2 is 0.719 bits per heavy atom. The minimum atomic E-state index is 1.15. The van der Waals surface area contributed by atoms with Gasteiger partial charge in [-0.25, -0.2) is 0 Å². The first-order valence-corrected chi connectivity index (χ1v) is 20.3. The molecule has 0 unspecified atom stereocenters. The number of fused-ring (bicyclic) bond motifs is 9. The Bertz CT molecular complexity index is 3530. The predicted octanol–water partition coefficient (Wildman–Crippen LogP) is 15.2. The molecule has 3 aromatic heterocycles. The maximum Gasteiger partial charge on any atom is 0.0541 e. The highest BCUT2D eigenvalue weighted by Crippen LogP contribution is 2.41. The zero-order valence-corrected chi connectivity index (χ0v) is 31.7. The van der Waals surface area contributed by atoms with Crippen LogP contribution in [0.1, 0.15) is 0 Å². The van der Waals surface area contributed by atoms with Crippen LogP contribution in [0, 0.1) is 0 Å². The number of hydrogen-bond acceptors (Lipinski definition) is 1. The van der Waals surface area contributed by atoms with E-state index in [4.69, 9.17) is 0 Å². The van der Waals surface area contributed by atoms with E-state index in [0.717, 1.165) is 5.69 Å². The predicted molar refractivity (Wildman–Crippen MR) is 244 cm³/mol. The topological polar surface area (TPSA) is 9.86 Å². The minimum Gasteiger partial charge on any atom is -0.309 e. The number of hydrogen-bond donors (Lipinski definition) is 0. The van der Waals surface area contributed by atoms with E-state index < -0.39 is 0 Å².